The van der Waals surface area contributed by atoms with Crippen molar-refractivity contribution < 1.29 is 12.8 Å². The first-order valence-electron chi connectivity index (χ1n) is 6.87. The molecule has 21 heavy (non-hydrogen) atoms. The number of hydrogen-bond acceptors (Lipinski definition) is 3. The number of nitrogens with zero attached hydrogens (tertiary/aromatic N) is 2. The molecule has 1 aromatic carbocycles. The predicted octanol–water partition coefficient (Wildman–Crippen LogP) is 2.28. The fraction of sp³-hybridized carbons (Fsp3) is 0.571. The summed E-state index contributed by atoms with van der Waals surface area (Å²) in [6.45, 7) is 1.62. The highest BCUT2D eigenvalue weighted by atomic mass is 35.5. The van der Waals surface area contributed by atoms with Gasteiger partial charge in [-0.3, -0.25) is 0 Å². The minimum atomic E-state index is -3.85. The van der Waals surface area contributed by atoms with E-state index < -0.39 is 15.8 Å². The van der Waals surface area contributed by atoms with E-state index >= 15 is 0 Å². The molecule has 1 unspecified atom stereocenters. The summed E-state index contributed by atoms with van der Waals surface area (Å²) in [4.78, 5) is 1.79. The Morgan fingerprint density at radius 2 is 2.19 bits per heavy atom. The molecule has 118 valence electrons. The van der Waals surface area contributed by atoms with E-state index in [9.17, 15) is 12.8 Å². The van der Waals surface area contributed by atoms with Crippen molar-refractivity contribution in [2.75, 3.05) is 27.2 Å². The number of piperidine rings is 1. The van der Waals surface area contributed by atoms with Crippen LogP contribution in [0, 0.1) is 5.82 Å². The maximum absolute atomic E-state index is 13.9. The summed E-state index contributed by atoms with van der Waals surface area (Å²) in [7, 11) is -0.373. The Balaban J connectivity index is 2.32. The van der Waals surface area contributed by atoms with Gasteiger partial charge in [0.05, 0.1) is 0 Å². The van der Waals surface area contributed by atoms with E-state index in [1.54, 1.807) is 0 Å². The summed E-state index contributed by atoms with van der Waals surface area (Å²) in [5.74, 6) is -0.585. The van der Waals surface area contributed by atoms with Gasteiger partial charge in [-0.2, -0.15) is 4.31 Å². The third-order valence-corrected chi connectivity index (χ3v) is 6.15. The number of halogens is 2. The van der Waals surface area contributed by atoms with E-state index in [2.05, 4.69) is 4.90 Å². The molecule has 0 radical (unpaired) electrons. The normalized spacial score (nSPS) is 20.9. The Labute approximate surface area is 130 Å². The fourth-order valence-corrected chi connectivity index (χ4v) is 4.27. The minimum Gasteiger partial charge on any atom is -0.305 e. The maximum Gasteiger partial charge on any atom is 0.246 e. The van der Waals surface area contributed by atoms with Crippen LogP contribution in [0.5, 0.6) is 0 Å². The second-order valence-electron chi connectivity index (χ2n) is 5.48. The van der Waals surface area contributed by atoms with Gasteiger partial charge in [-0.25, -0.2) is 12.8 Å². The molecule has 0 spiro atoms. The van der Waals surface area contributed by atoms with Gasteiger partial charge >= 0.3 is 0 Å². The first-order chi connectivity index (χ1) is 9.86. The summed E-state index contributed by atoms with van der Waals surface area (Å²) in [6, 6.07) is 3.84. The average molecular weight is 335 g/mol. The van der Waals surface area contributed by atoms with E-state index in [1.165, 1.54) is 23.5 Å². The zero-order chi connectivity index (χ0) is 15.6. The first kappa shape index (κ1) is 16.7. The van der Waals surface area contributed by atoms with Crippen molar-refractivity contribution >= 4 is 21.6 Å². The van der Waals surface area contributed by atoms with Crippen LogP contribution in [0.2, 0.25) is 0 Å². The van der Waals surface area contributed by atoms with Gasteiger partial charge in [0.1, 0.15) is 10.7 Å². The summed E-state index contributed by atoms with van der Waals surface area (Å²) in [5, 5.41) is 0. The van der Waals surface area contributed by atoms with Crippen molar-refractivity contribution in [1.29, 1.82) is 0 Å². The maximum atomic E-state index is 13.9. The molecule has 2 rings (SSSR count). The number of likely N-dealkylation sites (tertiary alicyclic amines) is 1. The van der Waals surface area contributed by atoms with Gasteiger partial charge in [0.15, 0.2) is 0 Å². The molecule has 1 aliphatic heterocycles. The Morgan fingerprint density at radius 3 is 2.81 bits per heavy atom. The molecule has 1 heterocycles. The van der Waals surface area contributed by atoms with E-state index in [-0.39, 0.29) is 16.8 Å². The van der Waals surface area contributed by atoms with Gasteiger partial charge in [0.2, 0.25) is 10.0 Å². The molecule has 1 saturated heterocycles. The summed E-state index contributed by atoms with van der Waals surface area (Å²) < 4.78 is 40.5. The number of likely N-dealkylation sites (N-methyl/N-ethyl adjacent to an activating group) is 2. The van der Waals surface area contributed by atoms with Gasteiger partial charge in [-0.1, -0.05) is 6.07 Å². The van der Waals surface area contributed by atoms with Crippen LogP contribution in [-0.2, 0) is 15.9 Å². The van der Waals surface area contributed by atoms with E-state index in [1.807, 2.05) is 7.05 Å². The lowest BCUT2D eigenvalue weighted by Crippen LogP contribution is -2.47. The average Bonchev–Trinajstić information content (AvgIpc) is 2.46. The molecule has 1 atom stereocenters. The quantitative estimate of drug-likeness (QED) is 0.793. The molecule has 0 bridgehead atoms. The van der Waals surface area contributed by atoms with Gasteiger partial charge in [0, 0.05) is 25.5 Å². The van der Waals surface area contributed by atoms with E-state index in [0.717, 1.165) is 25.5 Å². The van der Waals surface area contributed by atoms with Crippen LogP contribution in [0.25, 0.3) is 0 Å². The van der Waals surface area contributed by atoms with Crippen LogP contribution in [0.3, 0.4) is 0 Å². The second-order valence-corrected chi connectivity index (χ2v) is 7.71. The number of alkyl halides is 1. The summed E-state index contributed by atoms with van der Waals surface area (Å²) >= 11 is 5.71. The summed E-state index contributed by atoms with van der Waals surface area (Å²) in [5.41, 5.74) is 0.589. The minimum absolute atomic E-state index is 0.132. The molecule has 7 heteroatoms. The van der Waals surface area contributed by atoms with E-state index in [0.29, 0.717) is 12.1 Å². The van der Waals surface area contributed by atoms with Gasteiger partial charge in [-0.05, 0) is 44.1 Å². The van der Waals surface area contributed by atoms with E-state index in [4.69, 9.17) is 11.6 Å². The van der Waals surface area contributed by atoms with Crippen LogP contribution in [-0.4, -0.2) is 50.8 Å². The molecule has 1 aliphatic rings. The number of hydrogen-bond donors (Lipinski definition) is 0. The molecule has 0 amide bonds. The lowest BCUT2D eigenvalue weighted by atomic mass is 10.1. The number of benzene rings is 1. The van der Waals surface area contributed by atoms with Gasteiger partial charge < -0.3 is 4.90 Å². The van der Waals surface area contributed by atoms with Crippen LogP contribution in [0.4, 0.5) is 4.39 Å². The molecule has 1 aromatic rings. The molecule has 0 N–H and O–H groups in total. The molecule has 0 aliphatic carbocycles. The highest BCUT2D eigenvalue weighted by Crippen LogP contribution is 2.25. The SMILES string of the molecule is CN1CCCC(N(C)S(=O)(=O)c2cc(CCl)ccc2F)C1. The topological polar surface area (TPSA) is 40.6 Å². The van der Waals surface area contributed by atoms with Gasteiger partial charge in [0.25, 0.3) is 0 Å². The lowest BCUT2D eigenvalue weighted by Gasteiger charge is -2.35. The van der Waals surface area contributed by atoms with Crippen LogP contribution in [0.1, 0.15) is 18.4 Å². The van der Waals surface area contributed by atoms with Crippen molar-refractivity contribution in [1.82, 2.24) is 9.21 Å². The second kappa shape index (κ2) is 6.60. The largest absolute Gasteiger partial charge is 0.305 e. The zero-order valence-corrected chi connectivity index (χ0v) is 13.8. The zero-order valence-electron chi connectivity index (χ0n) is 12.2. The molecule has 0 saturated carbocycles. The van der Waals surface area contributed by atoms with Crippen molar-refractivity contribution in [3.8, 4) is 0 Å². The Bertz CT molecular complexity index is 609. The lowest BCUT2D eigenvalue weighted by molar-refractivity contribution is 0.187. The third-order valence-electron chi connectivity index (χ3n) is 3.92. The monoisotopic (exact) mass is 334 g/mol. The predicted molar refractivity (Wildman–Crippen MR) is 81.4 cm³/mol. The highest BCUT2D eigenvalue weighted by molar-refractivity contribution is 7.89. The van der Waals surface area contributed by atoms with Crippen molar-refractivity contribution in [3.63, 3.8) is 0 Å². The van der Waals surface area contributed by atoms with Crippen LogP contribution < -0.4 is 0 Å². The smallest absolute Gasteiger partial charge is 0.246 e. The number of sulfonamides is 1. The Kier molecular flexibility index (Phi) is 5.24. The van der Waals surface area contributed by atoms with Crippen LogP contribution in [0.15, 0.2) is 23.1 Å². The molecule has 1 fully saturated rings. The molecule has 0 aromatic heterocycles. The van der Waals surface area contributed by atoms with Crippen molar-refractivity contribution in [2.24, 2.45) is 0 Å². The summed E-state index contributed by atoms with van der Waals surface area (Å²) in [6.07, 6.45) is 1.72. The van der Waals surface area contributed by atoms with Crippen molar-refractivity contribution in [2.45, 2.75) is 29.7 Å². The van der Waals surface area contributed by atoms with Crippen LogP contribution >= 0.6 is 11.6 Å². The fourth-order valence-electron chi connectivity index (χ4n) is 2.62. The molecular formula is C14H20ClFN2O2S. The molecule has 4 nitrogen and oxygen atoms in total. The first-order valence-corrected chi connectivity index (χ1v) is 8.84. The number of rotatable bonds is 4. The Morgan fingerprint density at radius 1 is 1.48 bits per heavy atom. The van der Waals surface area contributed by atoms with Crippen molar-refractivity contribution in [3.05, 3.63) is 29.6 Å². The third kappa shape index (κ3) is 3.56. The van der Waals surface area contributed by atoms with Gasteiger partial charge in [-0.15, -0.1) is 11.6 Å². The molecular weight excluding hydrogens is 315 g/mol. The highest BCUT2D eigenvalue weighted by Gasteiger charge is 2.32. The Hall–Kier alpha value is -0.690. The standard InChI is InChI=1S/C14H20ClFN2O2S/c1-17-7-3-4-12(10-17)18(2)21(19,20)14-8-11(9-15)5-6-13(14)16/h5-6,8,12H,3-4,7,9-10H2,1-2H3.